The van der Waals surface area contributed by atoms with Crippen LogP contribution in [0.4, 0.5) is 13.2 Å². The predicted molar refractivity (Wildman–Crippen MR) is 114 cm³/mol. The molecule has 1 saturated heterocycles. The van der Waals surface area contributed by atoms with Crippen molar-refractivity contribution in [3.05, 3.63) is 63.6 Å². The number of piperazine rings is 1. The minimum Gasteiger partial charge on any atom is -0.339 e. The van der Waals surface area contributed by atoms with Crippen LogP contribution < -0.4 is 5.56 Å². The van der Waals surface area contributed by atoms with Crippen molar-refractivity contribution in [1.29, 1.82) is 0 Å². The number of alkyl halides is 3. The van der Waals surface area contributed by atoms with Gasteiger partial charge in [0, 0.05) is 38.4 Å². The molecule has 1 fully saturated rings. The molecule has 0 bridgehead atoms. The van der Waals surface area contributed by atoms with Gasteiger partial charge < -0.3 is 9.47 Å². The van der Waals surface area contributed by atoms with Crippen LogP contribution in [0.3, 0.4) is 0 Å². The average Bonchev–Trinajstić information content (AvgIpc) is 2.79. The van der Waals surface area contributed by atoms with E-state index in [2.05, 4.69) is 0 Å². The number of amides is 1. The molecule has 178 valence electrons. The molecule has 2 aliphatic rings. The fourth-order valence-electron chi connectivity index (χ4n) is 4.27. The molecule has 4 rings (SSSR count). The molecule has 1 amide bonds. The molecule has 7 nitrogen and oxygen atoms in total. The number of rotatable bonds is 4. The summed E-state index contributed by atoms with van der Waals surface area (Å²) >= 11 is 0. The lowest BCUT2D eigenvalue weighted by molar-refractivity contribution is -0.139. The summed E-state index contributed by atoms with van der Waals surface area (Å²) in [5.41, 5.74) is 0.504. The first-order chi connectivity index (χ1) is 15.6. The van der Waals surface area contributed by atoms with Crippen molar-refractivity contribution in [2.75, 3.05) is 26.2 Å². The number of aryl methyl sites for hydroxylation is 2. The Morgan fingerprint density at radius 3 is 2.27 bits per heavy atom. The summed E-state index contributed by atoms with van der Waals surface area (Å²) in [6.07, 6.45) is -0.0680. The van der Waals surface area contributed by atoms with Gasteiger partial charge in [0.05, 0.1) is 10.5 Å². The van der Waals surface area contributed by atoms with Gasteiger partial charge in [0.15, 0.2) is 0 Å². The highest BCUT2D eigenvalue weighted by molar-refractivity contribution is 7.89. The third-order valence-corrected chi connectivity index (χ3v) is 8.06. The molecule has 2 aromatic rings. The van der Waals surface area contributed by atoms with E-state index < -0.39 is 39.8 Å². The van der Waals surface area contributed by atoms with Crippen LogP contribution >= 0.6 is 0 Å². The fraction of sp³-hybridized carbons (Fsp3) is 0.455. The predicted octanol–water partition coefficient (Wildman–Crippen LogP) is 2.28. The molecule has 0 saturated carbocycles. The van der Waals surface area contributed by atoms with E-state index in [-0.39, 0.29) is 31.1 Å². The van der Waals surface area contributed by atoms with Crippen LogP contribution in [0.2, 0.25) is 0 Å². The van der Waals surface area contributed by atoms with Crippen molar-refractivity contribution in [3.8, 4) is 0 Å². The first-order valence-corrected chi connectivity index (χ1v) is 12.2. The first kappa shape index (κ1) is 23.5. The lowest BCUT2D eigenvalue weighted by Gasteiger charge is -2.34. The molecule has 11 heteroatoms. The number of nitrogens with zero attached hydrogens (tertiary/aromatic N) is 3. The van der Waals surface area contributed by atoms with Crippen LogP contribution in [-0.4, -0.2) is 54.3 Å². The van der Waals surface area contributed by atoms with Crippen molar-refractivity contribution in [3.63, 3.8) is 0 Å². The zero-order chi connectivity index (χ0) is 23.8. The SMILES string of the molecule is O=C(Cn1cc(C(F)(F)F)ccc1=O)N1CCN(S(=O)(=O)c2ccc3c(c2)CCCC3)CC1. The topological polar surface area (TPSA) is 79.7 Å². The van der Waals surface area contributed by atoms with E-state index in [1.165, 1.54) is 14.8 Å². The maximum absolute atomic E-state index is 13.1. The molecule has 0 unspecified atom stereocenters. The van der Waals surface area contributed by atoms with Crippen LogP contribution in [0.15, 0.2) is 46.2 Å². The molecule has 2 heterocycles. The Labute approximate surface area is 189 Å². The van der Waals surface area contributed by atoms with Gasteiger partial charge in [0.2, 0.25) is 15.9 Å². The number of aromatic nitrogens is 1. The lowest BCUT2D eigenvalue weighted by Crippen LogP contribution is -2.51. The Morgan fingerprint density at radius 2 is 1.61 bits per heavy atom. The number of benzene rings is 1. The van der Waals surface area contributed by atoms with Crippen LogP contribution in [0, 0.1) is 0 Å². The second-order valence-electron chi connectivity index (χ2n) is 8.30. The highest BCUT2D eigenvalue weighted by Gasteiger charge is 2.33. The van der Waals surface area contributed by atoms with Crippen LogP contribution in [0.25, 0.3) is 0 Å². The molecule has 1 aromatic carbocycles. The Hall–Kier alpha value is -2.66. The minimum absolute atomic E-state index is 0.0721. The highest BCUT2D eigenvalue weighted by Crippen LogP contribution is 2.28. The third-order valence-electron chi connectivity index (χ3n) is 6.17. The van der Waals surface area contributed by atoms with Crippen molar-refractivity contribution < 1.29 is 26.4 Å². The summed E-state index contributed by atoms with van der Waals surface area (Å²) in [6, 6.07) is 6.68. The number of hydrogen-bond acceptors (Lipinski definition) is 4. The van der Waals surface area contributed by atoms with Gasteiger partial charge in [-0.05, 0) is 55.0 Å². The van der Waals surface area contributed by atoms with Gasteiger partial charge >= 0.3 is 6.18 Å². The highest BCUT2D eigenvalue weighted by atomic mass is 32.2. The van der Waals surface area contributed by atoms with Crippen LogP contribution in [0.1, 0.15) is 29.5 Å². The molecule has 0 N–H and O–H groups in total. The molecule has 0 atom stereocenters. The first-order valence-electron chi connectivity index (χ1n) is 10.7. The number of sulfonamides is 1. The Morgan fingerprint density at radius 1 is 0.939 bits per heavy atom. The molecule has 1 aliphatic heterocycles. The third kappa shape index (κ3) is 4.98. The summed E-state index contributed by atoms with van der Waals surface area (Å²) < 4.78 is 66.9. The Balaban J connectivity index is 1.42. The molecule has 33 heavy (non-hydrogen) atoms. The molecular formula is C22H24F3N3O4S. The van der Waals surface area contributed by atoms with Crippen molar-refractivity contribution in [1.82, 2.24) is 13.8 Å². The fourth-order valence-corrected chi connectivity index (χ4v) is 5.74. The van der Waals surface area contributed by atoms with E-state index in [0.717, 1.165) is 41.9 Å². The minimum atomic E-state index is -4.63. The van der Waals surface area contributed by atoms with Gasteiger partial charge in [-0.2, -0.15) is 17.5 Å². The molecule has 1 aliphatic carbocycles. The van der Waals surface area contributed by atoms with Crippen molar-refractivity contribution >= 4 is 15.9 Å². The maximum Gasteiger partial charge on any atom is 0.417 e. The number of pyridine rings is 1. The zero-order valence-corrected chi connectivity index (χ0v) is 18.7. The summed E-state index contributed by atoms with van der Waals surface area (Å²) in [7, 11) is -3.72. The second kappa shape index (κ2) is 8.94. The zero-order valence-electron chi connectivity index (χ0n) is 17.8. The summed E-state index contributed by atoms with van der Waals surface area (Å²) in [5.74, 6) is -0.540. The van der Waals surface area contributed by atoms with Gasteiger partial charge in [-0.3, -0.25) is 9.59 Å². The summed E-state index contributed by atoms with van der Waals surface area (Å²) in [4.78, 5) is 26.1. The average molecular weight is 484 g/mol. The second-order valence-corrected chi connectivity index (χ2v) is 10.2. The maximum atomic E-state index is 13.1. The van der Waals surface area contributed by atoms with Gasteiger partial charge in [0.1, 0.15) is 6.54 Å². The van der Waals surface area contributed by atoms with Gasteiger partial charge in [-0.1, -0.05) is 6.07 Å². The van der Waals surface area contributed by atoms with E-state index in [4.69, 9.17) is 0 Å². The largest absolute Gasteiger partial charge is 0.417 e. The number of fused-ring (bicyclic) bond motifs is 1. The number of carbonyl (C=O) groups excluding carboxylic acids is 1. The Kier molecular flexibility index (Phi) is 6.37. The summed E-state index contributed by atoms with van der Waals surface area (Å²) in [6.45, 7) is -0.209. The molecular weight excluding hydrogens is 459 g/mol. The quantitative estimate of drug-likeness (QED) is 0.669. The van der Waals surface area contributed by atoms with Gasteiger partial charge in [0.25, 0.3) is 5.56 Å². The number of carbonyl (C=O) groups is 1. The van der Waals surface area contributed by atoms with E-state index >= 15 is 0 Å². The van der Waals surface area contributed by atoms with E-state index in [1.807, 2.05) is 6.07 Å². The lowest BCUT2D eigenvalue weighted by atomic mass is 9.92. The van der Waals surface area contributed by atoms with E-state index in [0.29, 0.717) is 12.3 Å². The van der Waals surface area contributed by atoms with Gasteiger partial charge in [-0.25, -0.2) is 8.42 Å². The molecule has 0 radical (unpaired) electrons. The number of halogens is 3. The number of hydrogen-bond donors (Lipinski definition) is 0. The van der Waals surface area contributed by atoms with Crippen LogP contribution in [-0.2, 0) is 40.4 Å². The normalized spacial score (nSPS) is 17.6. The standard InChI is InChI=1S/C22H24F3N3O4S/c23-22(24,25)18-6-8-20(29)27(14-18)15-21(30)26-9-11-28(12-10-26)33(31,32)19-7-5-16-3-1-2-4-17(16)13-19/h5-8,13-14H,1-4,9-12,15H2. The van der Waals surface area contributed by atoms with Crippen molar-refractivity contribution in [2.45, 2.75) is 43.3 Å². The van der Waals surface area contributed by atoms with Crippen molar-refractivity contribution in [2.24, 2.45) is 0 Å². The summed E-state index contributed by atoms with van der Waals surface area (Å²) in [5, 5.41) is 0. The Bertz CT molecular complexity index is 1220. The van der Waals surface area contributed by atoms with E-state index in [1.54, 1.807) is 12.1 Å². The molecule has 0 spiro atoms. The van der Waals surface area contributed by atoms with Crippen LogP contribution in [0.5, 0.6) is 0 Å². The molecule has 1 aromatic heterocycles. The monoisotopic (exact) mass is 483 g/mol. The van der Waals surface area contributed by atoms with E-state index in [9.17, 15) is 31.2 Å². The van der Waals surface area contributed by atoms with Gasteiger partial charge in [-0.15, -0.1) is 0 Å². The smallest absolute Gasteiger partial charge is 0.339 e.